The molecule has 0 heterocycles. The summed E-state index contributed by atoms with van der Waals surface area (Å²) in [5.41, 5.74) is 0.262. The van der Waals surface area contributed by atoms with Crippen LogP contribution in [0.3, 0.4) is 0 Å². The lowest BCUT2D eigenvalue weighted by Gasteiger charge is -2.17. The van der Waals surface area contributed by atoms with Crippen LogP contribution in [0, 0.1) is 5.92 Å². The zero-order valence-corrected chi connectivity index (χ0v) is 10.4. The van der Waals surface area contributed by atoms with Gasteiger partial charge in [-0.3, -0.25) is 4.79 Å². The van der Waals surface area contributed by atoms with Gasteiger partial charge in [-0.15, -0.1) is 0 Å². The molecule has 0 aromatic heterocycles. The monoisotopic (exact) mass is 212 g/mol. The maximum Gasteiger partial charge on any atom is 0.145 e. The highest BCUT2D eigenvalue weighted by Crippen LogP contribution is 2.18. The minimum absolute atomic E-state index is 0.547. The van der Waals surface area contributed by atoms with E-state index < -0.39 is 5.60 Å². The Morgan fingerprint density at radius 2 is 2.07 bits per heavy atom. The lowest BCUT2D eigenvalue weighted by molar-refractivity contribution is -0.104. The zero-order valence-electron chi connectivity index (χ0n) is 10.4. The second-order valence-corrected chi connectivity index (χ2v) is 5.11. The Labute approximate surface area is 93.4 Å². The summed E-state index contributed by atoms with van der Waals surface area (Å²) >= 11 is 0. The lowest BCUT2D eigenvalue weighted by Crippen LogP contribution is -2.18. The molecule has 0 amide bonds. The average Bonchev–Trinajstić information content (AvgIpc) is 2.12. The van der Waals surface area contributed by atoms with Gasteiger partial charge in [0.25, 0.3) is 0 Å². The molecule has 1 N–H and O–H groups in total. The molecule has 0 aliphatic rings. The SMILES string of the molecule is C/C(C=O)=C\CC(C)CCCC(C)(C)O. The largest absolute Gasteiger partial charge is 0.390 e. The third-order valence-corrected chi connectivity index (χ3v) is 2.51. The van der Waals surface area contributed by atoms with Gasteiger partial charge >= 0.3 is 0 Å². The summed E-state index contributed by atoms with van der Waals surface area (Å²) in [6.07, 6.45) is 6.82. The fourth-order valence-electron chi connectivity index (χ4n) is 1.44. The average molecular weight is 212 g/mol. The van der Waals surface area contributed by atoms with E-state index in [-0.39, 0.29) is 0 Å². The molecule has 0 bridgehead atoms. The Morgan fingerprint density at radius 1 is 1.47 bits per heavy atom. The van der Waals surface area contributed by atoms with Crippen LogP contribution in [0.1, 0.15) is 53.4 Å². The number of carbonyl (C=O) groups is 1. The van der Waals surface area contributed by atoms with Gasteiger partial charge in [-0.05, 0) is 45.1 Å². The molecule has 0 aliphatic carbocycles. The van der Waals surface area contributed by atoms with Crippen LogP contribution in [0.2, 0.25) is 0 Å². The highest BCUT2D eigenvalue weighted by atomic mass is 16.3. The van der Waals surface area contributed by atoms with Crippen LogP contribution in [-0.2, 0) is 4.79 Å². The van der Waals surface area contributed by atoms with Crippen LogP contribution in [0.25, 0.3) is 0 Å². The Morgan fingerprint density at radius 3 is 2.53 bits per heavy atom. The van der Waals surface area contributed by atoms with E-state index in [9.17, 15) is 9.90 Å². The molecule has 0 fully saturated rings. The molecule has 1 unspecified atom stereocenters. The van der Waals surface area contributed by atoms with Gasteiger partial charge in [-0.25, -0.2) is 0 Å². The second-order valence-electron chi connectivity index (χ2n) is 5.11. The molecule has 2 nitrogen and oxygen atoms in total. The van der Waals surface area contributed by atoms with E-state index >= 15 is 0 Å². The molecule has 2 heteroatoms. The van der Waals surface area contributed by atoms with Gasteiger partial charge in [0.1, 0.15) is 6.29 Å². The van der Waals surface area contributed by atoms with Crippen LogP contribution >= 0.6 is 0 Å². The van der Waals surface area contributed by atoms with Gasteiger partial charge < -0.3 is 5.11 Å². The number of allylic oxidation sites excluding steroid dienone is 2. The van der Waals surface area contributed by atoms with Gasteiger partial charge in [0.2, 0.25) is 0 Å². The summed E-state index contributed by atoms with van der Waals surface area (Å²) in [6, 6.07) is 0. The van der Waals surface area contributed by atoms with Gasteiger partial charge in [0.05, 0.1) is 5.60 Å². The van der Waals surface area contributed by atoms with Crippen LogP contribution in [0.4, 0.5) is 0 Å². The van der Waals surface area contributed by atoms with Crippen LogP contribution in [0.5, 0.6) is 0 Å². The summed E-state index contributed by atoms with van der Waals surface area (Å²) < 4.78 is 0. The Balaban J connectivity index is 3.67. The molecule has 15 heavy (non-hydrogen) atoms. The molecule has 0 saturated carbocycles. The van der Waals surface area contributed by atoms with E-state index in [1.165, 1.54) is 0 Å². The molecule has 0 aromatic carbocycles. The van der Waals surface area contributed by atoms with Crippen molar-refractivity contribution in [1.29, 1.82) is 0 Å². The molecular weight excluding hydrogens is 188 g/mol. The van der Waals surface area contributed by atoms with Gasteiger partial charge in [-0.2, -0.15) is 0 Å². The number of hydrogen-bond acceptors (Lipinski definition) is 2. The normalized spacial score (nSPS) is 15.1. The number of carbonyl (C=O) groups excluding carboxylic acids is 1. The highest BCUT2D eigenvalue weighted by molar-refractivity contribution is 5.71. The van der Waals surface area contributed by atoms with E-state index in [0.717, 1.165) is 37.5 Å². The van der Waals surface area contributed by atoms with E-state index in [1.807, 2.05) is 26.8 Å². The van der Waals surface area contributed by atoms with Crippen molar-refractivity contribution in [3.63, 3.8) is 0 Å². The number of hydrogen-bond donors (Lipinski definition) is 1. The Hall–Kier alpha value is -0.630. The van der Waals surface area contributed by atoms with Crippen molar-refractivity contribution < 1.29 is 9.90 Å². The van der Waals surface area contributed by atoms with E-state index in [0.29, 0.717) is 5.92 Å². The quantitative estimate of drug-likeness (QED) is 0.520. The molecule has 0 radical (unpaired) electrons. The molecule has 0 spiro atoms. The number of aliphatic hydroxyl groups is 1. The van der Waals surface area contributed by atoms with Crippen molar-refractivity contribution in [2.45, 2.75) is 59.0 Å². The fourth-order valence-corrected chi connectivity index (χ4v) is 1.44. The van der Waals surface area contributed by atoms with Crippen molar-refractivity contribution in [2.24, 2.45) is 5.92 Å². The van der Waals surface area contributed by atoms with Crippen LogP contribution < -0.4 is 0 Å². The standard InChI is InChI=1S/C13H24O2/c1-11(7-8-12(2)10-14)6-5-9-13(3,4)15/h8,10-11,15H,5-7,9H2,1-4H3/b12-8+. The summed E-state index contributed by atoms with van der Waals surface area (Å²) in [5, 5.41) is 9.53. The summed E-state index contributed by atoms with van der Waals surface area (Å²) in [7, 11) is 0. The third-order valence-electron chi connectivity index (χ3n) is 2.51. The van der Waals surface area contributed by atoms with E-state index in [4.69, 9.17) is 0 Å². The molecule has 0 aliphatic heterocycles. The second kappa shape index (κ2) is 6.78. The van der Waals surface area contributed by atoms with Gasteiger partial charge in [0, 0.05) is 0 Å². The fraction of sp³-hybridized carbons (Fsp3) is 0.769. The predicted molar refractivity (Wildman–Crippen MR) is 63.8 cm³/mol. The minimum atomic E-state index is -0.547. The summed E-state index contributed by atoms with van der Waals surface area (Å²) in [4.78, 5) is 10.4. The smallest absolute Gasteiger partial charge is 0.145 e. The molecule has 0 rings (SSSR count). The maximum atomic E-state index is 10.4. The molecule has 1 atom stereocenters. The van der Waals surface area contributed by atoms with Gasteiger partial charge in [-0.1, -0.05) is 25.8 Å². The Kier molecular flexibility index (Phi) is 6.50. The number of rotatable bonds is 7. The first-order valence-electron chi connectivity index (χ1n) is 5.69. The lowest BCUT2D eigenvalue weighted by atomic mass is 9.95. The van der Waals surface area contributed by atoms with E-state index in [1.54, 1.807) is 0 Å². The maximum absolute atomic E-state index is 10.4. The topological polar surface area (TPSA) is 37.3 Å². The van der Waals surface area contributed by atoms with Crippen molar-refractivity contribution in [1.82, 2.24) is 0 Å². The summed E-state index contributed by atoms with van der Waals surface area (Å²) in [5.74, 6) is 0.585. The zero-order chi connectivity index (χ0) is 11.9. The summed E-state index contributed by atoms with van der Waals surface area (Å²) in [6.45, 7) is 7.69. The first-order valence-corrected chi connectivity index (χ1v) is 5.69. The van der Waals surface area contributed by atoms with Crippen molar-refractivity contribution >= 4 is 6.29 Å². The minimum Gasteiger partial charge on any atom is -0.390 e. The van der Waals surface area contributed by atoms with Crippen molar-refractivity contribution in [2.75, 3.05) is 0 Å². The van der Waals surface area contributed by atoms with Gasteiger partial charge in [0.15, 0.2) is 0 Å². The first kappa shape index (κ1) is 14.4. The van der Waals surface area contributed by atoms with Crippen LogP contribution in [0.15, 0.2) is 11.6 Å². The highest BCUT2D eigenvalue weighted by Gasteiger charge is 2.12. The van der Waals surface area contributed by atoms with E-state index in [2.05, 4.69) is 6.92 Å². The van der Waals surface area contributed by atoms with Crippen molar-refractivity contribution in [3.05, 3.63) is 11.6 Å². The molecule has 88 valence electrons. The number of aldehydes is 1. The molecule has 0 aromatic rings. The Bertz CT molecular complexity index is 211. The molecular formula is C13H24O2. The van der Waals surface area contributed by atoms with Crippen LogP contribution in [-0.4, -0.2) is 17.0 Å². The predicted octanol–water partition coefficient (Wildman–Crippen LogP) is 3.10. The third kappa shape index (κ3) is 9.67. The first-order chi connectivity index (χ1) is 6.85. The van der Waals surface area contributed by atoms with Crippen molar-refractivity contribution in [3.8, 4) is 0 Å². The molecule has 0 saturated heterocycles.